The number of aryl methyl sites for hydroxylation is 1. The van der Waals surface area contributed by atoms with Gasteiger partial charge in [0.25, 0.3) is 0 Å². The first-order chi connectivity index (χ1) is 13.0. The lowest BCUT2D eigenvalue weighted by atomic mass is 9.92. The number of hydrogen-bond acceptors (Lipinski definition) is 1. The van der Waals surface area contributed by atoms with Gasteiger partial charge in [0.1, 0.15) is 5.82 Å². The quantitative estimate of drug-likeness (QED) is 0.517. The predicted octanol–water partition coefficient (Wildman–Crippen LogP) is 6.68. The Hall–Kier alpha value is -2.87. The number of halogens is 1. The van der Waals surface area contributed by atoms with Gasteiger partial charge in [-0.3, -0.25) is 0 Å². The number of nitrogens with one attached hydrogen (secondary N) is 1. The van der Waals surface area contributed by atoms with Gasteiger partial charge in [-0.1, -0.05) is 62.6 Å². The standard InChI is InChI=1S/C25H28FN/c1-6-8-10-18(3)19(4)25-14-13-23(16-22(25)7-2)20(5)27-17-21-11-9-12-24(26)15-21/h6,8-16,27H,4-5,7,17H2,1-3H3/b8-6-,18-10-. The minimum Gasteiger partial charge on any atom is -0.381 e. The summed E-state index contributed by atoms with van der Waals surface area (Å²) in [5, 5.41) is 3.29. The first kappa shape index (κ1) is 20.4. The molecular formula is C25H28FN. The zero-order chi connectivity index (χ0) is 19.8. The van der Waals surface area contributed by atoms with Gasteiger partial charge in [0.05, 0.1) is 0 Å². The Morgan fingerprint density at radius 2 is 1.93 bits per heavy atom. The van der Waals surface area contributed by atoms with Crippen LogP contribution in [0.3, 0.4) is 0 Å². The lowest BCUT2D eigenvalue weighted by Gasteiger charge is -2.16. The highest BCUT2D eigenvalue weighted by Gasteiger charge is 2.09. The molecule has 0 saturated carbocycles. The van der Waals surface area contributed by atoms with Gasteiger partial charge in [-0.25, -0.2) is 4.39 Å². The molecule has 1 nitrogen and oxygen atoms in total. The lowest BCUT2D eigenvalue weighted by Crippen LogP contribution is -2.11. The minimum absolute atomic E-state index is 0.225. The van der Waals surface area contributed by atoms with Crippen molar-refractivity contribution in [3.05, 3.63) is 107 Å². The average molecular weight is 362 g/mol. The summed E-state index contributed by atoms with van der Waals surface area (Å²) in [5.41, 5.74) is 7.34. The normalized spacial score (nSPS) is 11.6. The molecule has 140 valence electrons. The van der Waals surface area contributed by atoms with E-state index in [1.165, 1.54) is 17.7 Å². The highest BCUT2D eigenvalue weighted by Crippen LogP contribution is 2.27. The second-order valence-electron chi connectivity index (χ2n) is 6.54. The van der Waals surface area contributed by atoms with E-state index >= 15 is 0 Å². The summed E-state index contributed by atoms with van der Waals surface area (Å²) in [6.07, 6.45) is 7.03. The van der Waals surface area contributed by atoms with Crippen molar-refractivity contribution in [2.24, 2.45) is 0 Å². The molecule has 0 unspecified atom stereocenters. The van der Waals surface area contributed by atoms with Crippen molar-refractivity contribution in [3.8, 4) is 0 Å². The van der Waals surface area contributed by atoms with Crippen LogP contribution < -0.4 is 5.32 Å². The molecule has 2 aromatic rings. The van der Waals surface area contributed by atoms with Crippen LogP contribution in [0.25, 0.3) is 11.3 Å². The van der Waals surface area contributed by atoms with Gasteiger partial charge in [-0.2, -0.15) is 0 Å². The molecule has 0 saturated heterocycles. The zero-order valence-corrected chi connectivity index (χ0v) is 16.5. The Balaban J connectivity index is 2.17. The fourth-order valence-electron chi connectivity index (χ4n) is 2.88. The molecule has 0 aliphatic heterocycles. The van der Waals surface area contributed by atoms with E-state index in [1.54, 1.807) is 6.07 Å². The van der Waals surface area contributed by atoms with Gasteiger partial charge < -0.3 is 5.32 Å². The Labute approximate surface area is 162 Å². The maximum absolute atomic E-state index is 13.3. The van der Waals surface area contributed by atoms with Crippen molar-refractivity contribution in [2.75, 3.05) is 0 Å². The van der Waals surface area contributed by atoms with Crippen molar-refractivity contribution in [1.82, 2.24) is 5.32 Å². The summed E-state index contributed by atoms with van der Waals surface area (Å²) in [4.78, 5) is 0. The molecule has 0 bridgehead atoms. The first-order valence-electron chi connectivity index (χ1n) is 9.26. The van der Waals surface area contributed by atoms with Crippen LogP contribution in [0.4, 0.5) is 4.39 Å². The van der Waals surface area contributed by atoms with Crippen LogP contribution >= 0.6 is 0 Å². The van der Waals surface area contributed by atoms with Gasteiger partial charge in [0.15, 0.2) is 0 Å². The van der Waals surface area contributed by atoms with Gasteiger partial charge in [0.2, 0.25) is 0 Å². The van der Waals surface area contributed by atoms with E-state index in [0.717, 1.165) is 40.0 Å². The van der Waals surface area contributed by atoms with Crippen LogP contribution in [0.2, 0.25) is 0 Å². The molecule has 0 aliphatic carbocycles. The number of hydrogen-bond donors (Lipinski definition) is 1. The van der Waals surface area contributed by atoms with Crippen LogP contribution in [0, 0.1) is 5.82 Å². The Kier molecular flexibility index (Phi) is 7.36. The predicted molar refractivity (Wildman–Crippen MR) is 116 cm³/mol. The third-order valence-electron chi connectivity index (χ3n) is 4.57. The van der Waals surface area contributed by atoms with Crippen molar-refractivity contribution >= 4 is 11.3 Å². The van der Waals surface area contributed by atoms with Crippen molar-refractivity contribution < 1.29 is 4.39 Å². The van der Waals surface area contributed by atoms with Crippen LogP contribution in [0.1, 0.15) is 43.0 Å². The molecule has 0 heterocycles. The summed E-state index contributed by atoms with van der Waals surface area (Å²) in [5.74, 6) is -0.225. The van der Waals surface area contributed by atoms with E-state index in [1.807, 2.05) is 25.1 Å². The molecule has 0 aromatic heterocycles. The fraction of sp³-hybridized carbons (Fsp3) is 0.200. The van der Waals surface area contributed by atoms with Crippen molar-refractivity contribution in [1.29, 1.82) is 0 Å². The molecule has 27 heavy (non-hydrogen) atoms. The molecule has 0 amide bonds. The molecule has 0 spiro atoms. The Morgan fingerprint density at radius 1 is 1.15 bits per heavy atom. The van der Waals surface area contributed by atoms with E-state index in [9.17, 15) is 4.39 Å². The summed E-state index contributed by atoms with van der Waals surface area (Å²) in [6.45, 7) is 15.2. The van der Waals surface area contributed by atoms with Crippen LogP contribution in [-0.2, 0) is 13.0 Å². The molecule has 1 N–H and O–H groups in total. The summed E-state index contributed by atoms with van der Waals surface area (Å²) in [7, 11) is 0. The molecule has 0 fully saturated rings. The van der Waals surface area contributed by atoms with Gasteiger partial charge in [0, 0.05) is 12.2 Å². The third-order valence-corrected chi connectivity index (χ3v) is 4.57. The SMILES string of the molecule is C=C(NCc1cccc(F)c1)c1ccc(C(=C)/C(C)=C\C=C/C)c(CC)c1. The minimum atomic E-state index is -0.225. The Morgan fingerprint density at radius 3 is 2.59 bits per heavy atom. The molecule has 2 heteroatoms. The lowest BCUT2D eigenvalue weighted by molar-refractivity contribution is 0.624. The van der Waals surface area contributed by atoms with Crippen LogP contribution in [-0.4, -0.2) is 0 Å². The number of benzene rings is 2. The van der Waals surface area contributed by atoms with Gasteiger partial charge in [-0.15, -0.1) is 0 Å². The summed E-state index contributed by atoms with van der Waals surface area (Å²) < 4.78 is 13.3. The molecule has 0 aliphatic rings. The van der Waals surface area contributed by atoms with Crippen LogP contribution in [0.5, 0.6) is 0 Å². The monoisotopic (exact) mass is 361 g/mol. The van der Waals surface area contributed by atoms with E-state index in [2.05, 4.69) is 56.6 Å². The molecule has 2 aromatic carbocycles. The first-order valence-corrected chi connectivity index (χ1v) is 9.26. The highest BCUT2D eigenvalue weighted by atomic mass is 19.1. The van der Waals surface area contributed by atoms with Gasteiger partial charge in [-0.05, 0) is 71.9 Å². The Bertz CT molecular complexity index is 887. The van der Waals surface area contributed by atoms with E-state index in [-0.39, 0.29) is 5.82 Å². The largest absolute Gasteiger partial charge is 0.381 e. The van der Waals surface area contributed by atoms with E-state index in [0.29, 0.717) is 6.54 Å². The third kappa shape index (κ3) is 5.55. The summed E-state index contributed by atoms with van der Waals surface area (Å²) in [6, 6.07) is 12.9. The zero-order valence-electron chi connectivity index (χ0n) is 16.5. The van der Waals surface area contributed by atoms with Crippen molar-refractivity contribution in [3.63, 3.8) is 0 Å². The smallest absolute Gasteiger partial charge is 0.123 e. The maximum atomic E-state index is 13.3. The highest BCUT2D eigenvalue weighted by molar-refractivity contribution is 5.80. The molecule has 0 radical (unpaired) electrons. The maximum Gasteiger partial charge on any atom is 0.123 e. The molecule has 0 atom stereocenters. The molecular weight excluding hydrogens is 333 g/mol. The second-order valence-corrected chi connectivity index (χ2v) is 6.54. The fourth-order valence-corrected chi connectivity index (χ4v) is 2.88. The topological polar surface area (TPSA) is 12.0 Å². The second kappa shape index (κ2) is 9.72. The number of rotatable bonds is 8. The van der Waals surface area contributed by atoms with Gasteiger partial charge >= 0.3 is 0 Å². The van der Waals surface area contributed by atoms with Crippen molar-refractivity contribution in [2.45, 2.75) is 33.7 Å². The number of allylic oxidation sites excluding steroid dienone is 5. The van der Waals surface area contributed by atoms with E-state index in [4.69, 9.17) is 0 Å². The molecule has 2 rings (SSSR count). The van der Waals surface area contributed by atoms with Crippen LogP contribution in [0.15, 0.2) is 79.4 Å². The van der Waals surface area contributed by atoms with E-state index < -0.39 is 0 Å². The average Bonchev–Trinajstić information content (AvgIpc) is 2.69. The summed E-state index contributed by atoms with van der Waals surface area (Å²) >= 11 is 0.